The topological polar surface area (TPSA) is 72.9 Å². The molecule has 0 aromatic heterocycles. The van der Waals surface area contributed by atoms with Crippen molar-refractivity contribution in [2.24, 2.45) is 0 Å². The molecule has 6 heteroatoms. The minimum Gasteiger partial charge on any atom is -0.481 e. The summed E-state index contributed by atoms with van der Waals surface area (Å²) in [5, 5.41) is 11.8. The Hall–Kier alpha value is -1.30. The van der Waals surface area contributed by atoms with Crippen molar-refractivity contribution < 1.29 is 14.7 Å². The first-order valence-corrected chi connectivity index (χ1v) is 7.96. The van der Waals surface area contributed by atoms with E-state index in [1.807, 2.05) is 6.92 Å². The van der Waals surface area contributed by atoms with Crippen LogP contribution in [0.1, 0.15) is 46.5 Å². The summed E-state index contributed by atoms with van der Waals surface area (Å²) in [5.41, 5.74) is 0. The van der Waals surface area contributed by atoms with Gasteiger partial charge in [0.05, 0.1) is 6.42 Å². The standard InChI is InChI=1S/C15H29N3O3/c1-4-18(12(2)10-14(19)20)15(21)16-11-13(3)17-8-6-5-7-9-17/h12-13H,4-11H2,1-3H3,(H,16,21)(H,19,20). The molecule has 2 N–H and O–H groups in total. The van der Waals surface area contributed by atoms with Gasteiger partial charge in [-0.3, -0.25) is 9.69 Å². The highest BCUT2D eigenvalue weighted by Crippen LogP contribution is 2.11. The van der Waals surface area contributed by atoms with E-state index in [9.17, 15) is 9.59 Å². The van der Waals surface area contributed by atoms with Crippen molar-refractivity contribution in [2.75, 3.05) is 26.2 Å². The van der Waals surface area contributed by atoms with E-state index >= 15 is 0 Å². The second kappa shape index (κ2) is 8.87. The molecule has 1 aliphatic heterocycles. The molecule has 1 saturated heterocycles. The van der Waals surface area contributed by atoms with Crippen LogP contribution in [-0.2, 0) is 4.79 Å². The molecule has 0 aromatic carbocycles. The molecule has 1 aliphatic rings. The average Bonchev–Trinajstić information content (AvgIpc) is 2.45. The SMILES string of the molecule is CCN(C(=O)NCC(C)N1CCCCC1)C(C)CC(=O)O. The lowest BCUT2D eigenvalue weighted by Gasteiger charge is -2.33. The zero-order valence-electron chi connectivity index (χ0n) is 13.5. The van der Waals surface area contributed by atoms with Crippen LogP contribution in [-0.4, -0.2) is 65.2 Å². The van der Waals surface area contributed by atoms with Gasteiger partial charge in [-0.05, 0) is 46.7 Å². The molecular formula is C15H29N3O3. The fourth-order valence-electron chi connectivity index (χ4n) is 2.84. The number of rotatable bonds is 7. The number of hydrogen-bond donors (Lipinski definition) is 2. The Balaban J connectivity index is 2.40. The number of carbonyl (C=O) groups is 2. The lowest BCUT2D eigenvalue weighted by molar-refractivity contribution is -0.138. The van der Waals surface area contributed by atoms with Crippen LogP contribution in [0.5, 0.6) is 0 Å². The minimum absolute atomic E-state index is 0.0249. The van der Waals surface area contributed by atoms with Crippen LogP contribution in [0.25, 0.3) is 0 Å². The molecule has 0 saturated carbocycles. The summed E-state index contributed by atoms with van der Waals surface area (Å²) in [4.78, 5) is 26.9. The molecule has 2 amide bonds. The normalized spacial score (nSPS) is 18.8. The zero-order valence-corrected chi connectivity index (χ0v) is 13.5. The maximum atomic E-state index is 12.2. The number of likely N-dealkylation sites (tertiary alicyclic amines) is 1. The summed E-state index contributed by atoms with van der Waals surface area (Å²) in [6, 6.07) is -0.143. The Kier molecular flexibility index (Phi) is 7.50. The molecule has 0 bridgehead atoms. The molecule has 122 valence electrons. The number of carboxylic acid groups (broad SMARTS) is 1. The Bertz CT molecular complexity index is 343. The number of urea groups is 1. The van der Waals surface area contributed by atoms with Crippen molar-refractivity contribution in [3.8, 4) is 0 Å². The van der Waals surface area contributed by atoms with Gasteiger partial charge in [-0.1, -0.05) is 6.42 Å². The molecular weight excluding hydrogens is 270 g/mol. The summed E-state index contributed by atoms with van der Waals surface area (Å²) in [5.74, 6) is -0.879. The summed E-state index contributed by atoms with van der Waals surface area (Å²) in [6.07, 6.45) is 3.73. The van der Waals surface area contributed by atoms with Crippen molar-refractivity contribution in [2.45, 2.75) is 58.5 Å². The van der Waals surface area contributed by atoms with Gasteiger partial charge in [0.1, 0.15) is 0 Å². The summed E-state index contributed by atoms with van der Waals surface area (Å²) < 4.78 is 0. The summed E-state index contributed by atoms with van der Waals surface area (Å²) >= 11 is 0. The molecule has 0 aliphatic carbocycles. The number of hydrogen-bond acceptors (Lipinski definition) is 3. The molecule has 0 radical (unpaired) electrons. The first-order valence-electron chi connectivity index (χ1n) is 7.96. The van der Waals surface area contributed by atoms with Gasteiger partial charge in [-0.2, -0.15) is 0 Å². The minimum atomic E-state index is -0.879. The predicted molar refractivity (Wildman–Crippen MR) is 82.4 cm³/mol. The zero-order chi connectivity index (χ0) is 15.8. The Morgan fingerprint density at radius 1 is 1.24 bits per heavy atom. The fraction of sp³-hybridized carbons (Fsp3) is 0.867. The van der Waals surface area contributed by atoms with E-state index in [4.69, 9.17) is 5.11 Å². The van der Waals surface area contributed by atoms with Gasteiger partial charge in [0, 0.05) is 25.2 Å². The lowest BCUT2D eigenvalue weighted by Crippen LogP contribution is -2.50. The predicted octanol–water partition coefficient (Wildman–Crippen LogP) is 1.76. The number of nitrogens with zero attached hydrogens (tertiary/aromatic N) is 2. The third-order valence-electron chi connectivity index (χ3n) is 4.17. The number of carbonyl (C=O) groups excluding carboxylic acids is 1. The van der Waals surface area contributed by atoms with Crippen molar-refractivity contribution in [3.05, 3.63) is 0 Å². The Labute approximate surface area is 127 Å². The highest BCUT2D eigenvalue weighted by molar-refractivity contribution is 5.75. The van der Waals surface area contributed by atoms with Crippen molar-refractivity contribution >= 4 is 12.0 Å². The van der Waals surface area contributed by atoms with Gasteiger partial charge in [0.25, 0.3) is 0 Å². The fourth-order valence-corrected chi connectivity index (χ4v) is 2.84. The smallest absolute Gasteiger partial charge is 0.317 e. The van der Waals surface area contributed by atoms with Gasteiger partial charge in [-0.15, -0.1) is 0 Å². The molecule has 1 fully saturated rings. The number of aliphatic carboxylic acids is 1. The highest BCUT2D eigenvalue weighted by atomic mass is 16.4. The molecule has 2 unspecified atom stereocenters. The Morgan fingerprint density at radius 3 is 2.38 bits per heavy atom. The number of amides is 2. The number of carboxylic acids is 1. The van der Waals surface area contributed by atoms with Crippen LogP contribution in [0.3, 0.4) is 0 Å². The van der Waals surface area contributed by atoms with Crippen LogP contribution in [0.15, 0.2) is 0 Å². The van der Waals surface area contributed by atoms with E-state index < -0.39 is 5.97 Å². The maximum Gasteiger partial charge on any atom is 0.317 e. The largest absolute Gasteiger partial charge is 0.481 e. The van der Waals surface area contributed by atoms with Crippen molar-refractivity contribution in [1.82, 2.24) is 15.1 Å². The first-order chi connectivity index (χ1) is 9.95. The summed E-state index contributed by atoms with van der Waals surface area (Å²) in [7, 11) is 0. The van der Waals surface area contributed by atoms with E-state index in [0.717, 1.165) is 13.1 Å². The molecule has 21 heavy (non-hydrogen) atoms. The maximum absolute atomic E-state index is 12.2. The first kappa shape index (κ1) is 17.8. The van der Waals surface area contributed by atoms with E-state index in [1.165, 1.54) is 19.3 Å². The molecule has 0 spiro atoms. The van der Waals surface area contributed by atoms with Gasteiger partial charge in [0.2, 0.25) is 0 Å². The van der Waals surface area contributed by atoms with Gasteiger partial charge >= 0.3 is 12.0 Å². The quantitative estimate of drug-likeness (QED) is 0.751. The van der Waals surface area contributed by atoms with Crippen LogP contribution < -0.4 is 5.32 Å². The number of piperidine rings is 1. The lowest BCUT2D eigenvalue weighted by atomic mass is 10.1. The third kappa shape index (κ3) is 5.91. The van der Waals surface area contributed by atoms with Gasteiger partial charge in [-0.25, -0.2) is 4.79 Å². The number of nitrogens with one attached hydrogen (secondary N) is 1. The third-order valence-corrected chi connectivity index (χ3v) is 4.17. The molecule has 0 aromatic rings. The van der Waals surface area contributed by atoms with Crippen LogP contribution in [0.4, 0.5) is 4.79 Å². The average molecular weight is 299 g/mol. The van der Waals surface area contributed by atoms with E-state index in [0.29, 0.717) is 19.1 Å². The second-order valence-corrected chi connectivity index (χ2v) is 5.86. The van der Waals surface area contributed by atoms with Gasteiger partial charge < -0.3 is 15.3 Å². The van der Waals surface area contributed by atoms with E-state index in [1.54, 1.807) is 11.8 Å². The van der Waals surface area contributed by atoms with Crippen LogP contribution in [0.2, 0.25) is 0 Å². The van der Waals surface area contributed by atoms with Crippen LogP contribution >= 0.6 is 0 Å². The second-order valence-electron chi connectivity index (χ2n) is 5.86. The van der Waals surface area contributed by atoms with Crippen molar-refractivity contribution in [3.63, 3.8) is 0 Å². The highest BCUT2D eigenvalue weighted by Gasteiger charge is 2.22. The van der Waals surface area contributed by atoms with E-state index in [2.05, 4.69) is 17.1 Å². The van der Waals surface area contributed by atoms with E-state index in [-0.39, 0.29) is 18.5 Å². The van der Waals surface area contributed by atoms with Crippen molar-refractivity contribution in [1.29, 1.82) is 0 Å². The molecule has 2 atom stereocenters. The Morgan fingerprint density at radius 2 is 1.86 bits per heavy atom. The van der Waals surface area contributed by atoms with Gasteiger partial charge in [0.15, 0.2) is 0 Å². The molecule has 1 heterocycles. The molecule has 1 rings (SSSR count). The van der Waals surface area contributed by atoms with Crippen LogP contribution in [0, 0.1) is 0 Å². The summed E-state index contributed by atoms with van der Waals surface area (Å²) in [6.45, 7) is 9.08. The monoisotopic (exact) mass is 299 g/mol. The molecule has 6 nitrogen and oxygen atoms in total.